The fraction of sp³-hybridized carbons (Fsp3) is 0.222. The zero-order chi connectivity index (χ0) is 13.5. The number of nitrogens with zero attached hydrogens (tertiary/aromatic N) is 1. The van der Waals surface area contributed by atoms with E-state index in [0.717, 1.165) is 6.54 Å². The van der Waals surface area contributed by atoms with Crippen LogP contribution in [0.25, 0.3) is 10.9 Å². The first-order valence-corrected chi connectivity index (χ1v) is 7.97. The smallest absolute Gasteiger partial charge is 0.0483 e. The summed E-state index contributed by atoms with van der Waals surface area (Å²) in [6.07, 6.45) is 3.42. The van der Waals surface area contributed by atoms with Crippen LogP contribution in [-0.4, -0.2) is 9.82 Å². The van der Waals surface area contributed by atoms with Crippen molar-refractivity contribution in [1.82, 2.24) is 4.57 Å². The van der Waals surface area contributed by atoms with Gasteiger partial charge in [0.1, 0.15) is 0 Å². The van der Waals surface area contributed by atoms with Crippen molar-refractivity contribution in [2.45, 2.75) is 30.0 Å². The van der Waals surface area contributed by atoms with Gasteiger partial charge in [-0.05, 0) is 48.1 Å². The van der Waals surface area contributed by atoms with Crippen molar-refractivity contribution in [3.05, 3.63) is 65.9 Å². The van der Waals surface area contributed by atoms with Gasteiger partial charge in [-0.15, -0.1) is 11.8 Å². The number of fused-ring (bicyclic) bond motifs is 2. The van der Waals surface area contributed by atoms with Crippen LogP contribution < -0.4 is 0 Å². The monoisotopic (exact) mass is 279 g/mol. The van der Waals surface area contributed by atoms with Crippen molar-refractivity contribution in [2.24, 2.45) is 0 Å². The van der Waals surface area contributed by atoms with Crippen molar-refractivity contribution in [1.29, 1.82) is 0 Å². The van der Waals surface area contributed by atoms with Crippen LogP contribution in [0.2, 0.25) is 0 Å². The van der Waals surface area contributed by atoms with Gasteiger partial charge in [-0.3, -0.25) is 0 Å². The Labute approximate surface area is 123 Å². The first-order chi connectivity index (χ1) is 9.79. The van der Waals surface area contributed by atoms with E-state index in [0.29, 0.717) is 5.25 Å². The lowest BCUT2D eigenvalue weighted by Gasteiger charge is -2.11. The molecule has 0 bridgehead atoms. The molecule has 0 fully saturated rings. The number of benzene rings is 2. The molecule has 0 saturated carbocycles. The molecule has 20 heavy (non-hydrogen) atoms. The maximum Gasteiger partial charge on any atom is 0.0483 e. The van der Waals surface area contributed by atoms with E-state index < -0.39 is 0 Å². The second kappa shape index (κ2) is 4.71. The van der Waals surface area contributed by atoms with Gasteiger partial charge in [-0.1, -0.05) is 30.3 Å². The van der Waals surface area contributed by atoms with E-state index in [9.17, 15) is 0 Å². The molecule has 0 aliphatic carbocycles. The molecule has 0 saturated heterocycles. The number of aromatic nitrogens is 1. The van der Waals surface area contributed by atoms with Gasteiger partial charge in [-0.25, -0.2) is 0 Å². The zero-order valence-electron chi connectivity index (χ0n) is 11.5. The largest absolute Gasteiger partial charge is 0.346 e. The molecule has 2 heterocycles. The molecule has 0 amide bonds. The average molecular weight is 279 g/mol. The Morgan fingerprint density at radius 1 is 1.15 bits per heavy atom. The Morgan fingerprint density at radius 3 is 2.95 bits per heavy atom. The third kappa shape index (κ3) is 2.04. The molecule has 1 aliphatic heterocycles. The Bertz CT molecular complexity index is 747. The summed E-state index contributed by atoms with van der Waals surface area (Å²) in [5.74, 6) is 0. The molecule has 1 aliphatic rings. The maximum absolute atomic E-state index is 2.41. The van der Waals surface area contributed by atoms with Crippen LogP contribution in [-0.2, 0) is 13.0 Å². The van der Waals surface area contributed by atoms with E-state index in [-0.39, 0.29) is 0 Å². The van der Waals surface area contributed by atoms with Crippen molar-refractivity contribution in [3.8, 4) is 0 Å². The van der Waals surface area contributed by atoms with E-state index in [1.807, 2.05) is 11.8 Å². The Balaban J connectivity index is 1.62. The fourth-order valence-electron chi connectivity index (χ4n) is 3.03. The highest BCUT2D eigenvalue weighted by Crippen LogP contribution is 2.37. The van der Waals surface area contributed by atoms with Gasteiger partial charge in [-0.2, -0.15) is 0 Å². The number of thioether (sulfide) groups is 1. The molecule has 1 aromatic heterocycles. The van der Waals surface area contributed by atoms with E-state index in [4.69, 9.17) is 0 Å². The van der Waals surface area contributed by atoms with E-state index in [2.05, 4.69) is 66.2 Å². The van der Waals surface area contributed by atoms with Gasteiger partial charge in [0.05, 0.1) is 0 Å². The minimum absolute atomic E-state index is 0.656. The van der Waals surface area contributed by atoms with Crippen LogP contribution in [0.5, 0.6) is 0 Å². The van der Waals surface area contributed by atoms with Gasteiger partial charge in [0.15, 0.2) is 0 Å². The number of aryl methyl sites for hydroxylation is 1. The summed E-state index contributed by atoms with van der Waals surface area (Å²) >= 11 is 2.03. The number of hydrogen-bond donors (Lipinski definition) is 0. The van der Waals surface area contributed by atoms with E-state index in [1.165, 1.54) is 33.3 Å². The molecule has 0 spiro atoms. The van der Waals surface area contributed by atoms with Gasteiger partial charge in [0.25, 0.3) is 0 Å². The van der Waals surface area contributed by atoms with Crippen molar-refractivity contribution in [3.63, 3.8) is 0 Å². The normalized spacial score (nSPS) is 17.6. The van der Waals surface area contributed by atoms with Crippen molar-refractivity contribution < 1.29 is 0 Å². The highest BCUT2D eigenvalue weighted by Gasteiger charge is 2.22. The minimum atomic E-state index is 0.656. The molecular formula is C18H17NS. The molecule has 0 N–H and O–H groups in total. The molecule has 4 rings (SSSR count). The standard InChI is InChI=1S/C18H17NS/c1-13-6-7-14-8-9-19(17(14)10-13)12-16-11-15-4-2-3-5-18(15)20-16/h2-10,16H,11-12H2,1H3. The SMILES string of the molecule is Cc1ccc2ccn(CC3Cc4ccccc4S3)c2c1. The summed E-state index contributed by atoms with van der Waals surface area (Å²) in [4.78, 5) is 1.46. The molecule has 1 atom stereocenters. The minimum Gasteiger partial charge on any atom is -0.346 e. The van der Waals surface area contributed by atoms with Gasteiger partial charge < -0.3 is 4.57 Å². The Morgan fingerprint density at radius 2 is 2.05 bits per heavy atom. The first-order valence-electron chi connectivity index (χ1n) is 7.10. The number of hydrogen-bond acceptors (Lipinski definition) is 1. The molecule has 100 valence electrons. The van der Waals surface area contributed by atoms with Gasteiger partial charge >= 0.3 is 0 Å². The summed E-state index contributed by atoms with van der Waals surface area (Å²) in [6, 6.07) is 17.7. The zero-order valence-corrected chi connectivity index (χ0v) is 12.4. The molecule has 1 unspecified atom stereocenters. The summed E-state index contributed by atoms with van der Waals surface area (Å²) in [5, 5.41) is 2.00. The lowest BCUT2D eigenvalue weighted by molar-refractivity contribution is 0.685. The van der Waals surface area contributed by atoms with Crippen LogP contribution in [0.1, 0.15) is 11.1 Å². The summed E-state index contributed by atoms with van der Waals surface area (Å²) < 4.78 is 2.41. The molecule has 2 aromatic carbocycles. The highest BCUT2D eigenvalue weighted by atomic mass is 32.2. The molecule has 2 heteroatoms. The summed E-state index contributed by atoms with van der Waals surface area (Å²) in [5.41, 5.74) is 4.21. The van der Waals surface area contributed by atoms with Crippen LogP contribution >= 0.6 is 11.8 Å². The quantitative estimate of drug-likeness (QED) is 0.660. The lowest BCUT2D eigenvalue weighted by Crippen LogP contribution is -2.11. The average Bonchev–Trinajstić information content (AvgIpc) is 3.03. The Kier molecular flexibility index (Phi) is 2.85. The lowest BCUT2D eigenvalue weighted by atomic mass is 10.1. The van der Waals surface area contributed by atoms with E-state index in [1.54, 1.807) is 0 Å². The summed E-state index contributed by atoms with van der Waals surface area (Å²) in [6.45, 7) is 3.25. The molecule has 1 nitrogen and oxygen atoms in total. The third-order valence-electron chi connectivity index (χ3n) is 4.04. The second-order valence-corrected chi connectivity index (χ2v) is 6.92. The highest BCUT2D eigenvalue weighted by molar-refractivity contribution is 8.00. The van der Waals surface area contributed by atoms with Gasteiger partial charge in [0.2, 0.25) is 0 Å². The Hall–Kier alpha value is -1.67. The van der Waals surface area contributed by atoms with Gasteiger partial charge in [0, 0.05) is 28.4 Å². The number of rotatable bonds is 2. The second-order valence-electron chi connectivity index (χ2n) is 5.58. The topological polar surface area (TPSA) is 4.93 Å². The molecule has 0 radical (unpaired) electrons. The van der Waals surface area contributed by atoms with Crippen LogP contribution in [0, 0.1) is 6.92 Å². The predicted molar refractivity (Wildman–Crippen MR) is 86.5 cm³/mol. The van der Waals surface area contributed by atoms with Crippen LogP contribution in [0.15, 0.2) is 59.6 Å². The first kappa shape index (κ1) is 12.1. The molecule has 3 aromatic rings. The maximum atomic E-state index is 2.41. The van der Waals surface area contributed by atoms with Crippen LogP contribution in [0.3, 0.4) is 0 Å². The molecular weight excluding hydrogens is 262 g/mol. The van der Waals surface area contributed by atoms with Crippen molar-refractivity contribution in [2.75, 3.05) is 0 Å². The van der Waals surface area contributed by atoms with Crippen LogP contribution in [0.4, 0.5) is 0 Å². The predicted octanol–water partition coefficient (Wildman–Crippen LogP) is 4.67. The summed E-state index contributed by atoms with van der Waals surface area (Å²) in [7, 11) is 0. The van der Waals surface area contributed by atoms with Crippen molar-refractivity contribution >= 4 is 22.7 Å². The van der Waals surface area contributed by atoms with E-state index >= 15 is 0 Å². The fourth-order valence-corrected chi connectivity index (χ4v) is 4.35. The third-order valence-corrected chi connectivity index (χ3v) is 5.34.